The Morgan fingerprint density at radius 3 is 2.40 bits per heavy atom. The molecule has 0 fully saturated rings. The Hall–Kier alpha value is -0.670. The van der Waals surface area contributed by atoms with Crippen molar-refractivity contribution < 1.29 is 9.18 Å². The van der Waals surface area contributed by atoms with Crippen LogP contribution in [-0.2, 0) is 4.33 Å². The van der Waals surface area contributed by atoms with Gasteiger partial charge in [0.15, 0.2) is 5.82 Å². The third kappa shape index (κ3) is 2.71. The SMILES string of the molecule is O=C(n1cncn1)n1nc(C(Cl)(Cl)C(Cl)(Cl)Cl)nc1F. The van der Waals surface area contributed by atoms with Gasteiger partial charge in [-0.1, -0.05) is 58.0 Å². The van der Waals surface area contributed by atoms with E-state index in [9.17, 15) is 9.18 Å². The summed E-state index contributed by atoms with van der Waals surface area (Å²) in [4.78, 5) is 18.6. The van der Waals surface area contributed by atoms with Crippen LogP contribution in [0.3, 0.4) is 0 Å². The lowest BCUT2D eigenvalue weighted by atomic mass is 10.4. The second kappa shape index (κ2) is 5.27. The smallest absolute Gasteiger partial charge is 0.243 e. The minimum Gasteiger partial charge on any atom is -0.243 e. The number of carbonyl (C=O) groups excluding carboxylic acids is 1. The number of hydrogen-bond acceptors (Lipinski definition) is 5. The summed E-state index contributed by atoms with van der Waals surface area (Å²) in [5, 5.41) is 6.99. The number of nitrogens with zero attached hydrogens (tertiary/aromatic N) is 6. The predicted molar refractivity (Wildman–Crippen MR) is 69.9 cm³/mol. The average molecular weight is 382 g/mol. The van der Waals surface area contributed by atoms with Gasteiger partial charge in [-0.3, -0.25) is 0 Å². The van der Waals surface area contributed by atoms with Crippen LogP contribution in [0.1, 0.15) is 5.82 Å². The number of alkyl halides is 5. The normalized spacial score (nSPS) is 12.7. The van der Waals surface area contributed by atoms with E-state index in [1.165, 1.54) is 0 Å². The summed E-state index contributed by atoms with van der Waals surface area (Å²) in [6.45, 7) is 0. The monoisotopic (exact) mass is 380 g/mol. The van der Waals surface area contributed by atoms with E-state index in [2.05, 4.69) is 20.2 Å². The van der Waals surface area contributed by atoms with Gasteiger partial charge in [0.25, 0.3) is 0 Å². The molecule has 0 atom stereocenters. The molecule has 0 N–H and O–H groups in total. The summed E-state index contributed by atoms with van der Waals surface area (Å²) in [7, 11) is 0. The van der Waals surface area contributed by atoms with Crippen LogP contribution in [0.25, 0.3) is 0 Å². The largest absolute Gasteiger partial charge is 0.374 e. The molecule has 2 rings (SSSR count). The van der Waals surface area contributed by atoms with Gasteiger partial charge in [-0.25, -0.2) is 9.78 Å². The molecule has 108 valence electrons. The zero-order valence-corrected chi connectivity index (χ0v) is 12.8. The Labute approximate surface area is 135 Å². The van der Waals surface area contributed by atoms with Gasteiger partial charge in [0.1, 0.15) is 12.7 Å². The molecule has 2 aromatic rings. The fraction of sp³-hybridized carbons (Fsp3) is 0.286. The van der Waals surface area contributed by atoms with E-state index in [0.717, 1.165) is 12.7 Å². The lowest BCUT2D eigenvalue weighted by molar-refractivity contribution is 0.233. The van der Waals surface area contributed by atoms with Crippen LogP contribution in [0.5, 0.6) is 0 Å². The van der Waals surface area contributed by atoms with Crippen LogP contribution in [0.4, 0.5) is 9.18 Å². The molecule has 0 amide bonds. The molecule has 0 aliphatic heterocycles. The Bertz CT molecular complexity index is 635. The summed E-state index contributed by atoms with van der Waals surface area (Å²) in [5.41, 5.74) is 0. The quantitative estimate of drug-likeness (QED) is 0.708. The molecule has 0 bridgehead atoms. The van der Waals surface area contributed by atoms with Crippen molar-refractivity contribution >= 4 is 64.0 Å². The van der Waals surface area contributed by atoms with E-state index in [4.69, 9.17) is 58.0 Å². The molecular weight excluding hydrogens is 380 g/mol. The molecule has 7 nitrogen and oxygen atoms in total. The first-order valence-corrected chi connectivity index (χ1v) is 6.50. The average Bonchev–Trinajstić information content (AvgIpc) is 2.95. The number of carbonyl (C=O) groups is 1. The number of hydrogen-bond donors (Lipinski definition) is 0. The minimum absolute atomic E-state index is 0.250. The van der Waals surface area contributed by atoms with E-state index < -0.39 is 26.1 Å². The summed E-state index contributed by atoms with van der Waals surface area (Å²) in [6.07, 6.45) is 0.801. The number of aromatic nitrogens is 6. The topological polar surface area (TPSA) is 78.5 Å². The van der Waals surface area contributed by atoms with Crippen LogP contribution in [0.15, 0.2) is 12.7 Å². The molecule has 0 unspecified atom stereocenters. The fourth-order valence-corrected chi connectivity index (χ4v) is 1.49. The molecule has 2 heterocycles. The lowest BCUT2D eigenvalue weighted by Crippen LogP contribution is -2.30. The zero-order chi connectivity index (χ0) is 15.1. The molecule has 0 aliphatic rings. The van der Waals surface area contributed by atoms with Gasteiger partial charge in [0.05, 0.1) is 0 Å². The van der Waals surface area contributed by atoms with Gasteiger partial charge in [-0.05, 0) is 0 Å². The Kier molecular flexibility index (Phi) is 4.14. The second-order valence-electron chi connectivity index (χ2n) is 3.31. The third-order valence-corrected chi connectivity index (χ3v) is 4.34. The first-order valence-electron chi connectivity index (χ1n) is 4.61. The maximum Gasteiger partial charge on any atom is 0.374 e. The van der Waals surface area contributed by atoms with E-state index in [1.54, 1.807) is 0 Å². The van der Waals surface area contributed by atoms with Crippen LogP contribution < -0.4 is 0 Å². The molecule has 0 saturated heterocycles. The van der Waals surface area contributed by atoms with Crippen molar-refractivity contribution in [1.29, 1.82) is 0 Å². The minimum atomic E-state index is -2.26. The van der Waals surface area contributed by atoms with Crippen molar-refractivity contribution in [2.24, 2.45) is 0 Å². The van der Waals surface area contributed by atoms with Crippen LogP contribution in [-0.4, -0.2) is 39.4 Å². The highest BCUT2D eigenvalue weighted by Crippen LogP contribution is 2.51. The van der Waals surface area contributed by atoms with Crippen molar-refractivity contribution in [3.05, 3.63) is 24.6 Å². The number of rotatable bonds is 1. The fourth-order valence-electron chi connectivity index (χ4n) is 1.08. The molecule has 0 radical (unpaired) electrons. The van der Waals surface area contributed by atoms with Gasteiger partial charge in [0, 0.05) is 0 Å². The first kappa shape index (κ1) is 15.7. The first-order chi connectivity index (χ1) is 9.14. The van der Waals surface area contributed by atoms with Crippen molar-refractivity contribution in [2.75, 3.05) is 0 Å². The summed E-state index contributed by atoms with van der Waals surface area (Å²) in [5.74, 6) is -0.591. The van der Waals surface area contributed by atoms with Crippen molar-refractivity contribution in [1.82, 2.24) is 29.5 Å². The lowest BCUT2D eigenvalue weighted by Gasteiger charge is -2.23. The molecule has 0 saturated carbocycles. The van der Waals surface area contributed by atoms with Crippen LogP contribution in [0, 0.1) is 6.08 Å². The summed E-state index contributed by atoms with van der Waals surface area (Å²) in [6, 6.07) is -1.01. The summed E-state index contributed by atoms with van der Waals surface area (Å²) < 4.78 is 10.1. The van der Waals surface area contributed by atoms with E-state index in [-0.39, 0.29) is 4.68 Å². The molecule has 0 aliphatic carbocycles. The maximum atomic E-state index is 13.6. The van der Waals surface area contributed by atoms with Crippen molar-refractivity contribution in [2.45, 2.75) is 8.13 Å². The molecule has 13 heteroatoms. The Morgan fingerprint density at radius 2 is 1.90 bits per heavy atom. The van der Waals surface area contributed by atoms with Crippen molar-refractivity contribution in [3.8, 4) is 0 Å². The van der Waals surface area contributed by atoms with Crippen LogP contribution >= 0.6 is 58.0 Å². The number of halogens is 6. The van der Waals surface area contributed by atoms with Gasteiger partial charge >= 0.3 is 12.1 Å². The Balaban J connectivity index is 2.43. The van der Waals surface area contributed by atoms with E-state index >= 15 is 0 Å². The highest BCUT2D eigenvalue weighted by molar-refractivity contribution is 6.75. The van der Waals surface area contributed by atoms with Gasteiger partial charge in [-0.15, -0.1) is 9.78 Å². The highest BCUT2D eigenvalue weighted by atomic mass is 35.6. The zero-order valence-electron chi connectivity index (χ0n) is 9.01. The molecular formula is C7H2Cl5FN6O. The van der Waals surface area contributed by atoms with E-state index in [0.29, 0.717) is 4.68 Å². The van der Waals surface area contributed by atoms with Gasteiger partial charge < -0.3 is 0 Å². The van der Waals surface area contributed by atoms with Crippen molar-refractivity contribution in [3.63, 3.8) is 0 Å². The standard InChI is InChI=1S/C7H2Cl5FN6O/c8-6(9,7(10,11)12)3-16-4(13)19(17-3)5(20)18-2-14-1-15-18/h1-2H. The Morgan fingerprint density at radius 1 is 1.25 bits per heavy atom. The second-order valence-corrected chi connectivity index (χ2v) is 6.92. The van der Waals surface area contributed by atoms with Gasteiger partial charge in [-0.2, -0.15) is 19.2 Å². The van der Waals surface area contributed by atoms with E-state index in [1.807, 2.05) is 0 Å². The molecule has 2 aromatic heterocycles. The molecule has 20 heavy (non-hydrogen) atoms. The third-order valence-electron chi connectivity index (χ3n) is 2.00. The highest BCUT2D eigenvalue weighted by Gasteiger charge is 2.51. The summed E-state index contributed by atoms with van der Waals surface area (Å²) >= 11 is 28.2. The maximum absolute atomic E-state index is 13.6. The molecule has 0 aromatic carbocycles. The van der Waals surface area contributed by atoms with Crippen LogP contribution in [0.2, 0.25) is 0 Å². The van der Waals surface area contributed by atoms with Gasteiger partial charge in [0.2, 0.25) is 8.13 Å². The predicted octanol–water partition coefficient (Wildman–Crippen LogP) is 2.53. The molecule has 0 spiro atoms.